The second kappa shape index (κ2) is 7.97. The van der Waals surface area contributed by atoms with Crippen LogP contribution in [0.3, 0.4) is 0 Å². The molecule has 1 heterocycles. The van der Waals surface area contributed by atoms with Crippen LogP contribution >= 0.6 is 39.9 Å². The summed E-state index contributed by atoms with van der Waals surface area (Å²) in [7, 11) is 0. The zero-order chi connectivity index (χ0) is 18.8. The van der Waals surface area contributed by atoms with Crippen molar-refractivity contribution < 1.29 is 9.53 Å². The fraction of sp³-hybridized carbons (Fsp3) is 0.0909. The van der Waals surface area contributed by atoms with Gasteiger partial charge in [0, 0.05) is 0 Å². The van der Waals surface area contributed by atoms with Crippen molar-refractivity contribution in [3.05, 3.63) is 81.2 Å². The van der Waals surface area contributed by atoms with Crippen LogP contribution < -0.4 is 4.74 Å². The van der Waals surface area contributed by atoms with Crippen LogP contribution in [0.1, 0.15) is 17.5 Å². The molecule has 0 unspecified atom stereocenters. The van der Waals surface area contributed by atoms with Crippen LogP contribution in [0.25, 0.3) is 16.8 Å². The molecule has 1 fully saturated rings. The van der Waals surface area contributed by atoms with Crippen molar-refractivity contribution in [1.82, 2.24) is 0 Å². The summed E-state index contributed by atoms with van der Waals surface area (Å²) < 4.78 is 7.63. The van der Waals surface area contributed by atoms with E-state index in [1.54, 1.807) is 0 Å². The van der Waals surface area contributed by atoms with E-state index in [1.807, 2.05) is 42.5 Å². The second-order valence-corrected chi connectivity index (χ2v) is 8.94. The number of thioether (sulfide) groups is 1. The van der Waals surface area contributed by atoms with Crippen LogP contribution in [0.15, 0.2) is 70.0 Å². The summed E-state index contributed by atoms with van der Waals surface area (Å²) in [5.74, 6) is 0.864. The van der Waals surface area contributed by atoms with Gasteiger partial charge in [0.25, 0.3) is 0 Å². The zero-order valence-electron chi connectivity index (χ0n) is 14.3. The Balaban J connectivity index is 1.52. The molecular weight excluding hydrogens is 440 g/mol. The van der Waals surface area contributed by atoms with Gasteiger partial charge >= 0.3 is 0 Å². The van der Waals surface area contributed by atoms with Gasteiger partial charge in [0.1, 0.15) is 12.4 Å². The van der Waals surface area contributed by atoms with Gasteiger partial charge in [-0.15, -0.1) is 0 Å². The number of carbonyl (C=O) groups excluding carboxylic acids is 1. The number of hydrogen-bond donors (Lipinski definition) is 0. The average molecular weight is 455 g/mol. The zero-order valence-corrected chi connectivity index (χ0v) is 17.5. The van der Waals surface area contributed by atoms with Crippen LogP contribution in [-0.2, 0) is 11.4 Å². The summed E-state index contributed by atoms with van der Waals surface area (Å²) in [6.07, 6.45) is 2.24. The first-order chi connectivity index (χ1) is 13.1. The molecule has 0 aromatic heterocycles. The Kier molecular flexibility index (Phi) is 5.43. The lowest BCUT2D eigenvalue weighted by atomic mass is 10.1. The molecule has 27 heavy (non-hydrogen) atoms. The Labute approximate surface area is 175 Å². The molecule has 0 bridgehead atoms. The third kappa shape index (κ3) is 4.15. The number of thiocarbonyl (C=S) groups is 1. The summed E-state index contributed by atoms with van der Waals surface area (Å²) in [5, 5.41) is 2.40. The number of ether oxygens (including phenoxy) is 1. The van der Waals surface area contributed by atoms with Crippen LogP contribution in [-0.4, -0.2) is 9.98 Å². The quantitative estimate of drug-likeness (QED) is 0.329. The molecule has 1 aliphatic rings. The summed E-state index contributed by atoms with van der Waals surface area (Å²) in [4.78, 5) is 12.6. The number of carbonyl (C=O) groups is 1. The first kappa shape index (κ1) is 18.4. The summed E-state index contributed by atoms with van der Waals surface area (Å²) in [6, 6.07) is 20.4. The van der Waals surface area contributed by atoms with E-state index < -0.39 is 0 Å². The minimum atomic E-state index is 0.0948. The van der Waals surface area contributed by atoms with E-state index in [9.17, 15) is 4.79 Å². The highest BCUT2D eigenvalue weighted by atomic mass is 79.9. The van der Waals surface area contributed by atoms with E-state index in [4.69, 9.17) is 17.0 Å². The number of halogens is 1. The van der Waals surface area contributed by atoms with Crippen LogP contribution in [0.5, 0.6) is 5.75 Å². The van der Waals surface area contributed by atoms with Gasteiger partial charge in [-0.25, -0.2) is 0 Å². The maximum Gasteiger partial charge on any atom is 0.175 e. The van der Waals surface area contributed by atoms with E-state index in [-0.39, 0.29) is 5.78 Å². The van der Waals surface area contributed by atoms with E-state index in [1.165, 1.54) is 22.5 Å². The number of allylic oxidation sites excluding steroid dienone is 1. The Hall–Kier alpha value is -1.95. The van der Waals surface area contributed by atoms with Crippen molar-refractivity contribution in [3.8, 4) is 5.75 Å². The minimum absolute atomic E-state index is 0.0948. The van der Waals surface area contributed by atoms with Gasteiger partial charge in [0.15, 0.2) is 5.78 Å². The number of hydrogen-bond acceptors (Lipinski definition) is 4. The summed E-state index contributed by atoms with van der Waals surface area (Å²) in [6.45, 7) is 0.489. The van der Waals surface area contributed by atoms with Crippen LogP contribution in [0.2, 0.25) is 0 Å². The summed E-state index contributed by atoms with van der Waals surface area (Å²) >= 11 is 10.1. The fourth-order valence-electron chi connectivity index (χ4n) is 2.99. The van der Waals surface area contributed by atoms with Crippen LogP contribution in [0, 0.1) is 0 Å². The van der Waals surface area contributed by atoms with Crippen molar-refractivity contribution >= 4 is 66.7 Å². The molecule has 3 aromatic carbocycles. The molecule has 0 spiro atoms. The molecule has 134 valence electrons. The predicted molar refractivity (Wildman–Crippen MR) is 120 cm³/mol. The van der Waals surface area contributed by atoms with Crippen LogP contribution in [0.4, 0.5) is 0 Å². The molecule has 4 rings (SSSR count). The molecular formula is C22H15BrO2S2. The van der Waals surface area contributed by atoms with Gasteiger partial charge in [-0.3, -0.25) is 4.79 Å². The topological polar surface area (TPSA) is 26.3 Å². The maximum absolute atomic E-state index is 11.9. The predicted octanol–water partition coefficient (Wildman–Crippen LogP) is 6.56. The molecule has 1 aliphatic heterocycles. The number of benzene rings is 3. The van der Waals surface area contributed by atoms with Gasteiger partial charge in [0.2, 0.25) is 0 Å². The lowest BCUT2D eigenvalue weighted by Gasteiger charge is -2.11. The fourth-order valence-corrected chi connectivity index (χ4v) is 4.73. The smallest absolute Gasteiger partial charge is 0.175 e. The molecule has 2 nitrogen and oxygen atoms in total. The van der Waals surface area contributed by atoms with Gasteiger partial charge in [-0.1, -0.05) is 72.5 Å². The third-order valence-electron chi connectivity index (χ3n) is 4.32. The molecule has 0 amide bonds. The summed E-state index contributed by atoms with van der Waals surface area (Å²) in [5.41, 5.74) is 2.09. The van der Waals surface area contributed by atoms with Crippen molar-refractivity contribution in [1.29, 1.82) is 0 Å². The highest BCUT2D eigenvalue weighted by Crippen LogP contribution is 2.34. The largest absolute Gasteiger partial charge is 0.488 e. The molecule has 5 heteroatoms. The van der Waals surface area contributed by atoms with E-state index in [0.29, 0.717) is 17.9 Å². The third-order valence-corrected chi connectivity index (χ3v) is 6.27. The first-order valence-electron chi connectivity index (χ1n) is 8.45. The van der Waals surface area contributed by atoms with Gasteiger partial charge < -0.3 is 4.74 Å². The molecule has 0 N–H and O–H groups in total. The van der Waals surface area contributed by atoms with Crippen molar-refractivity contribution in [3.63, 3.8) is 0 Å². The molecule has 0 radical (unpaired) electrons. The SMILES string of the molecule is O=C1CC(=S)S/C1=C/c1ccc(OCc2cccc3ccccc23)c(Br)c1. The van der Waals surface area contributed by atoms with Gasteiger partial charge in [-0.2, -0.15) is 0 Å². The average Bonchev–Trinajstić information content (AvgIpc) is 2.98. The lowest BCUT2D eigenvalue weighted by molar-refractivity contribution is -0.113. The van der Waals surface area contributed by atoms with Gasteiger partial charge in [0.05, 0.1) is 20.0 Å². The minimum Gasteiger partial charge on any atom is -0.488 e. The number of fused-ring (bicyclic) bond motifs is 1. The number of rotatable bonds is 4. The van der Waals surface area contributed by atoms with E-state index in [2.05, 4.69) is 40.2 Å². The Morgan fingerprint density at radius 1 is 1.11 bits per heavy atom. The molecule has 3 aromatic rings. The highest BCUT2D eigenvalue weighted by Gasteiger charge is 2.22. The second-order valence-electron chi connectivity index (χ2n) is 6.20. The van der Waals surface area contributed by atoms with Crippen molar-refractivity contribution in [2.45, 2.75) is 13.0 Å². The normalized spacial score (nSPS) is 15.7. The monoisotopic (exact) mass is 454 g/mol. The Morgan fingerprint density at radius 2 is 1.93 bits per heavy atom. The van der Waals surface area contributed by atoms with E-state index in [0.717, 1.165) is 25.5 Å². The maximum atomic E-state index is 11.9. The molecule has 1 saturated heterocycles. The Morgan fingerprint density at radius 3 is 2.70 bits per heavy atom. The standard InChI is InChI=1S/C22H15BrO2S2/c23-18-10-14(11-21-19(24)12-22(26)27-21)8-9-20(18)25-13-16-6-3-5-15-4-1-2-7-17(15)16/h1-11H,12-13H2/b21-11+. The number of ketones is 1. The number of Topliss-reactive ketones (excluding diaryl/α,β-unsaturated/α-hetero) is 1. The highest BCUT2D eigenvalue weighted by molar-refractivity contribution is 9.10. The first-order valence-corrected chi connectivity index (χ1v) is 10.5. The molecule has 0 aliphatic carbocycles. The molecule has 0 saturated carbocycles. The Bertz CT molecular complexity index is 1080. The van der Waals surface area contributed by atoms with Gasteiger partial charge in [-0.05, 0) is 56.0 Å². The lowest BCUT2D eigenvalue weighted by Crippen LogP contribution is -1.97. The van der Waals surface area contributed by atoms with Crippen molar-refractivity contribution in [2.75, 3.05) is 0 Å². The van der Waals surface area contributed by atoms with E-state index >= 15 is 0 Å². The van der Waals surface area contributed by atoms with Crippen molar-refractivity contribution in [2.24, 2.45) is 0 Å². The molecule has 0 atom stereocenters.